The average Bonchev–Trinajstić information content (AvgIpc) is 2.36. The maximum absolute atomic E-state index is 11.9. The van der Waals surface area contributed by atoms with Crippen molar-refractivity contribution < 1.29 is 9.53 Å². The lowest BCUT2D eigenvalue weighted by atomic mass is 10.1. The van der Waals surface area contributed by atoms with Crippen molar-refractivity contribution in [2.24, 2.45) is 0 Å². The minimum Gasteiger partial charge on any atom is -0.367 e. The second-order valence-corrected chi connectivity index (χ2v) is 5.43. The SMILES string of the molecule is CCC(C)(C)OCC(=O)c1ccc(SC)cc1. The molecule has 0 saturated heterocycles. The van der Waals surface area contributed by atoms with Gasteiger partial charge in [-0.05, 0) is 38.7 Å². The summed E-state index contributed by atoms with van der Waals surface area (Å²) < 4.78 is 5.60. The highest BCUT2D eigenvalue weighted by atomic mass is 32.2. The number of benzene rings is 1. The van der Waals surface area contributed by atoms with Gasteiger partial charge in [0, 0.05) is 10.5 Å². The lowest BCUT2D eigenvalue weighted by Gasteiger charge is -2.22. The molecule has 17 heavy (non-hydrogen) atoms. The number of Topliss-reactive ketones (excluding diaryl/α,β-unsaturated/α-hetero) is 1. The van der Waals surface area contributed by atoms with Crippen molar-refractivity contribution in [1.82, 2.24) is 0 Å². The number of thioether (sulfide) groups is 1. The molecule has 0 N–H and O–H groups in total. The van der Waals surface area contributed by atoms with Crippen molar-refractivity contribution in [2.75, 3.05) is 12.9 Å². The van der Waals surface area contributed by atoms with E-state index in [2.05, 4.69) is 6.92 Å². The first kappa shape index (κ1) is 14.3. The second kappa shape index (κ2) is 6.22. The summed E-state index contributed by atoms with van der Waals surface area (Å²) in [4.78, 5) is 13.0. The molecule has 0 radical (unpaired) electrons. The molecule has 0 aliphatic heterocycles. The number of hydrogen-bond donors (Lipinski definition) is 0. The Morgan fingerprint density at radius 2 is 1.88 bits per heavy atom. The number of ether oxygens (including phenoxy) is 1. The molecule has 0 unspecified atom stereocenters. The Balaban J connectivity index is 2.58. The zero-order valence-corrected chi connectivity index (χ0v) is 11.8. The predicted molar refractivity (Wildman–Crippen MR) is 72.9 cm³/mol. The van der Waals surface area contributed by atoms with E-state index < -0.39 is 0 Å². The fraction of sp³-hybridized carbons (Fsp3) is 0.500. The van der Waals surface area contributed by atoms with Crippen LogP contribution in [0.3, 0.4) is 0 Å². The molecule has 0 fully saturated rings. The Morgan fingerprint density at radius 3 is 2.35 bits per heavy atom. The highest BCUT2D eigenvalue weighted by Crippen LogP contribution is 2.17. The molecule has 0 aliphatic carbocycles. The molecule has 3 heteroatoms. The molecule has 0 aliphatic rings. The van der Waals surface area contributed by atoms with E-state index in [0.29, 0.717) is 0 Å². The first-order valence-corrected chi connectivity index (χ1v) is 7.02. The number of ketones is 1. The molecular formula is C14H20O2S. The zero-order chi connectivity index (χ0) is 12.9. The van der Waals surface area contributed by atoms with E-state index in [1.54, 1.807) is 11.8 Å². The standard InChI is InChI=1S/C14H20O2S/c1-5-14(2,3)16-10-13(15)11-6-8-12(17-4)9-7-11/h6-9H,5,10H2,1-4H3. The minimum atomic E-state index is -0.227. The third-order valence-electron chi connectivity index (χ3n) is 2.86. The molecule has 0 aromatic heterocycles. The monoisotopic (exact) mass is 252 g/mol. The van der Waals surface area contributed by atoms with Crippen LogP contribution >= 0.6 is 11.8 Å². The molecular weight excluding hydrogens is 232 g/mol. The van der Waals surface area contributed by atoms with Crippen LogP contribution in [0.4, 0.5) is 0 Å². The molecule has 94 valence electrons. The fourth-order valence-corrected chi connectivity index (χ4v) is 1.63. The van der Waals surface area contributed by atoms with Gasteiger partial charge in [0.1, 0.15) is 6.61 Å². The molecule has 1 aromatic carbocycles. The molecule has 0 heterocycles. The van der Waals surface area contributed by atoms with Gasteiger partial charge < -0.3 is 4.74 Å². The number of carbonyl (C=O) groups is 1. The van der Waals surface area contributed by atoms with Gasteiger partial charge in [-0.15, -0.1) is 11.8 Å². The van der Waals surface area contributed by atoms with Gasteiger partial charge in [0.2, 0.25) is 0 Å². The van der Waals surface area contributed by atoms with E-state index in [1.165, 1.54) is 0 Å². The molecule has 0 saturated carbocycles. The van der Waals surface area contributed by atoms with Gasteiger partial charge in [0.15, 0.2) is 5.78 Å². The van der Waals surface area contributed by atoms with Crippen molar-refractivity contribution >= 4 is 17.5 Å². The molecule has 1 aromatic rings. The van der Waals surface area contributed by atoms with Gasteiger partial charge in [-0.25, -0.2) is 0 Å². The third-order valence-corrected chi connectivity index (χ3v) is 3.60. The Labute approximate surface area is 108 Å². The first-order chi connectivity index (χ1) is 7.98. The number of carbonyl (C=O) groups excluding carboxylic acids is 1. The second-order valence-electron chi connectivity index (χ2n) is 4.55. The van der Waals surface area contributed by atoms with Crippen molar-refractivity contribution in [2.45, 2.75) is 37.7 Å². The van der Waals surface area contributed by atoms with Gasteiger partial charge in [-0.1, -0.05) is 19.1 Å². The lowest BCUT2D eigenvalue weighted by Crippen LogP contribution is -2.26. The Morgan fingerprint density at radius 1 is 1.29 bits per heavy atom. The summed E-state index contributed by atoms with van der Waals surface area (Å²) in [5.41, 5.74) is 0.490. The summed E-state index contributed by atoms with van der Waals surface area (Å²) in [6.45, 7) is 6.20. The summed E-state index contributed by atoms with van der Waals surface area (Å²) in [5.74, 6) is 0.0409. The van der Waals surface area contributed by atoms with Crippen molar-refractivity contribution in [3.8, 4) is 0 Å². The zero-order valence-electron chi connectivity index (χ0n) is 10.9. The van der Waals surface area contributed by atoms with Crippen LogP contribution in [-0.4, -0.2) is 24.2 Å². The lowest BCUT2D eigenvalue weighted by molar-refractivity contribution is -0.0122. The average molecular weight is 252 g/mol. The third kappa shape index (κ3) is 4.52. The van der Waals surface area contributed by atoms with Gasteiger partial charge in [-0.3, -0.25) is 4.79 Å². The predicted octanol–water partition coefficient (Wildman–Crippen LogP) is 3.80. The Kier molecular flexibility index (Phi) is 5.22. The fourth-order valence-electron chi connectivity index (χ4n) is 1.22. The maximum atomic E-state index is 11.9. The van der Waals surface area contributed by atoms with Crippen LogP contribution in [0.1, 0.15) is 37.6 Å². The van der Waals surface area contributed by atoms with E-state index in [4.69, 9.17) is 4.74 Å². The Hall–Kier alpha value is -0.800. The molecule has 1 rings (SSSR count). The molecule has 2 nitrogen and oxygen atoms in total. The van der Waals surface area contributed by atoms with E-state index in [-0.39, 0.29) is 18.0 Å². The topological polar surface area (TPSA) is 26.3 Å². The van der Waals surface area contributed by atoms with Crippen LogP contribution in [0.5, 0.6) is 0 Å². The van der Waals surface area contributed by atoms with E-state index in [1.807, 2.05) is 44.4 Å². The molecule has 0 amide bonds. The highest BCUT2D eigenvalue weighted by molar-refractivity contribution is 7.98. The minimum absolute atomic E-state index is 0.0409. The van der Waals surface area contributed by atoms with Crippen molar-refractivity contribution in [3.05, 3.63) is 29.8 Å². The smallest absolute Gasteiger partial charge is 0.188 e. The van der Waals surface area contributed by atoms with Gasteiger partial charge in [0.25, 0.3) is 0 Å². The van der Waals surface area contributed by atoms with Crippen LogP contribution in [0.15, 0.2) is 29.2 Å². The normalized spacial score (nSPS) is 11.5. The maximum Gasteiger partial charge on any atom is 0.188 e. The van der Waals surface area contributed by atoms with Crippen LogP contribution in [0.25, 0.3) is 0 Å². The molecule has 0 spiro atoms. The van der Waals surface area contributed by atoms with Crippen LogP contribution in [-0.2, 0) is 4.74 Å². The van der Waals surface area contributed by atoms with Crippen LogP contribution in [0, 0.1) is 0 Å². The molecule has 0 atom stereocenters. The van der Waals surface area contributed by atoms with E-state index >= 15 is 0 Å². The quantitative estimate of drug-likeness (QED) is 0.569. The highest BCUT2D eigenvalue weighted by Gasteiger charge is 2.17. The molecule has 0 bridgehead atoms. The largest absolute Gasteiger partial charge is 0.367 e. The van der Waals surface area contributed by atoms with E-state index in [0.717, 1.165) is 16.9 Å². The first-order valence-electron chi connectivity index (χ1n) is 5.79. The summed E-state index contributed by atoms with van der Waals surface area (Å²) in [5, 5.41) is 0. The van der Waals surface area contributed by atoms with Crippen LogP contribution in [0.2, 0.25) is 0 Å². The summed E-state index contributed by atoms with van der Waals surface area (Å²) in [6.07, 6.45) is 2.91. The summed E-state index contributed by atoms with van der Waals surface area (Å²) >= 11 is 1.67. The van der Waals surface area contributed by atoms with E-state index in [9.17, 15) is 4.79 Å². The summed E-state index contributed by atoms with van der Waals surface area (Å²) in [6, 6.07) is 7.64. The van der Waals surface area contributed by atoms with Gasteiger partial charge >= 0.3 is 0 Å². The van der Waals surface area contributed by atoms with Crippen molar-refractivity contribution in [1.29, 1.82) is 0 Å². The summed E-state index contributed by atoms with van der Waals surface area (Å²) in [7, 11) is 0. The van der Waals surface area contributed by atoms with Gasteiger partial charge in [0.05, 0.1) is 5.60 Å². The van der Waals surface area contributed by atoms with Crippen LogP contribution < -0.4 is 0 Å². The number of hydrogen-bond acceptors (Lipinski definition) is 3. The Bertz CT molecular complexity index is 368. The van der Waals surface area contributed by atoms with Gasteiger partial charge in [-0.2, -0.15) is 0 Å². The van der Waals surface area contributed by atoms with Crippen molar-refractivity contribution in [3.63, 3.8) is 0 Å². The number of rotatable bonds is 6.